The van der Waals surface area contributed by atoms with Crippen molar-refractivity contribution >= 4 is 115 Å². The van der Waals surface area contributed by atoms with Gasteiger partial charge in [0.15, 0.2) is 34.7 Å². The first kappa shape index (κ1) is 58.1. The van der Waals surface area contributed by atoms with Crippen LogP contribution in [0.2, 0.25) is 0 Å². The maximum absolute atomic E-state index is 14.9. The lowest BCUT2D eigenvalue weighted by Gasteiger charge is -2.24. The molecule has 0 aliphatic heterocycles. The third kappa shape index (κ3) is 9.42. The smallest absolute Gasteiger partial charge is 0.368 e. The van der Waals surface area contributed by atoms with Gasteiger partial charge in [-0.05, 0) is 36.4 Å². The van der Waals surface area contributed by atoms with Crippen LogP contribution < -0.4 is 16.7 Å². The van der Waals surface area contributed by atoms with Crippen LogP contribution in [0, 0.1) is 0 Å². The molecule has 0 N–H and O–H groups in total. The summed E-state index contributed by atoms with van der Waals surface area (Å²) in [5, 5.41) is -11.8. The Bertz CT molecular complexity index is 4960. The molecule has 0 saturated heterocycles. The first-order valence-corrected chi connectivity index (χ1v) is 29.8. The quantitative estimate of drug-likeness (QED) is 0.0653. The molecule has 0 aromatic heterocycles. The number of hydrogen-bond donors (Lipinski definition) is 0. The van der Waals surface area contributed by atoms with E-state index in [0.29, 0.717) is 36.4 Å². The second-order valence-electron chi connectivity index (χ2n) is 18.3. The van der Waals surface area contributed by atoms with Gasteiger partial charge in [0.05, 0.1) is 5.56 Å². The van der Waals surface area contributed by atoms with Gasteiger partial charge >= 0.3 is 63.3 Å². The first-order chi connectivity index (χ1) is 40.7. The summed E-state index contributed by atoms with van der Waals surface area (Å²) in [7, 11) is -24.0. The summed E-state index contributed by atoms with van der Waals surface area (Å²) in [5.74, 6) is -19.4. The molecule has 0 spiro atoms. The fourth-order valence-corrected chi connectivity index (χ4v) is 14.8. The normalized spacial score (nSPS) is 18.5. The minimum atomic E-state index is -6.28. The average molecular weight is 1240 g/mol. The predicted octanol–water partition coefficient (Wildman–Crippen LogP) is 2.23. The molecule has 0 bridgehead atoms. The first-order valence-electron chi connectivity index (χ1n) is 23.9. The lowest BCUT2D eigenvalue weighted by molar-refractivity contribution is -0.00910. The van der Waals surface area contributed by atoms with Gasteiger partial charge in [-0.1, -0.05) is 97.1 Å². The van der Waals surface area contributed by atoms with Gasteiger partial charge in [-0.25, -0.2) is 0 Å². The maximum atomic E-state index is 14.9. The Morgan fingerprint density at radius 1 is 0.337 bits per heavy atom. The highest BCUT2D eigenvalue weighted by molar-refractivity contribution is 7.90. The summed E-state index contributed by atoms with van der Waals surface area (Å²) in [6.07, 6.45) is 0. The molecule has 33 heteroatoms. The van der Waals surface area contributed by atoms with Crippen LogP contribution >= 0.6 is 0 Å². The van der Waals surface area contributed by atoms with Crippen molar-refractivity contribution < 1.29 is 113 Å². The van der Waals surface area contributed by atoms with Crippen LogP contribution in [0.5, 0.6) is 23.0 Å². The zero-order valence-corrected chi connectivity index (χ0v) is 45.6. The summed E-state index contributed by atoms with van der Waals surface area (Å²) in [6, 6.07) is 21.7. The molecule has 10 rings (SSSR count). The molecule has 0 saturated carbocycles. The van der Waals surface area contributed by atoms with Crippen molar-refractivity contribution in [1.29, 1.82) is 0 Å². The van der Waals surface area contributed by atoms with Gasteiger partial charge in [0.25, 0.3) is 44.1 Å². The van der Waals surface area contributed by atoms with Crippen molar-refractivity contribution in [2.24, 2.45) is 0 Å². The number of Topliss-reactive ketones (excluding diaryl/α,β-unsaturated/α-hetero) is 8. The topological polar surface area (TPSA) is 473 Å². The molecule has 29 nitrogen and oxygen atoms in total. The van der Waals surface area contributed by atoms with Gasteiger partial charge in [-0.3, -0.25) is 43.2 Å². The number of nitrogens with zero attached hydrogens (tertiary/aromatic N) is 8. The highest BCUT2D eigenvalue weighted by Crippen LogP contribution is 2.46. The van der Waals surface area contributed by atoms with Crippen LogP contribution in [-0.4, -0.2) is 149 Å². The Kier molecular flexibility index (Phi) is 14.3. The molecule has 0 fully saturated rings. The fraction of sp³-hybridized carbons (Fsp3) is 0.0755. The number of ketones is 9. The number of rotatable bonds is 14. The van der Waals surface area contributed by atoms with Crippen molar-refractivity contribution in [3.05, 3.63) is 211 Å². The monoisotopic (exact) mass is 1240 g/mol. The Balaban J connectivity index is 1.16. The van der Waals surface area contributed by atoms with E-state index in [1.807, 2.05) is 0 Å². The fourth-order valence-electron chi connectivity index (χ4n) is 9.59. The van der Waals surface area contributed by atoms with E-state index in [9.17, 15) is 98.9 Å². The predicted molar refractivity (Wildman–Crippen MR) is 285 cm³/mol. The third-order valence-corrected chi connectivity index (χ3v) is 19.2. The van der Waals surface area contributed by atoms with Crippen LogP contribution in [0.1, 0.15) is 98.8 Å². The van der Waals surface area contributed by atoms with Gasteiger partial charge in [0.1, 0.15) is 5.75 Å². The van der Waals surface area contributed by atoms with Gasteiger partial charge in [-0.2, -0.15) is 52.8 Å². The zero-order valence-electron chi connectivity index (χ0n) is 42.3. The molecule has 0 radical (unpaired) electrons. The highest BCUT2D eigenvalue weighted by atomic mass is 32.2. The third-order valence-electron chi connectivity index (χ3n) is 13.5. The minimum absolute atomic E-state index is 0.311. The van der Waals surface area contributed by atoms with Gasteiger partial charge < -0.3 is 38.9 Å². The van der Waals surface area contributed by atoms with Crippen LogP contribution in [0.25, 0.3) is 22.1 Å². The van der Waals surface area contributed by atoms with Crippen molar-refractivity contribution in [3.63, 3.8) is 0 Å². The van der Waals surface area contributed by atoms with Crippen molar-refractivity contribution in [1.82, 2.24) is 0 Å². The number of carbonyl (C=O) groups is 9. The van der Waals surface area contributed by atoms with Crippen LogP contribution in [0.3, 0.4) is 0 Å². The molecular formula is C53H26N8O21S4. The van der Waals surface area contributed by atoms with Crippen molar-refractivity contribution in [3.8, 4) is 23.0 Å². The average Bonchev–Trinajstić information content (AvgIpc) is 1.89. The SMILES string of the molecule is [N-]=[N+]=C1C(=O)c2ccccc2C(=O)C1S(=O)(=O)Oc1ccc(C(=O)c2ccc(OS(=O)(=O)C3C(=O)c4ccccc4C(=O)C3=[N+]=[N-])c(OS(=O)(=O)C3C(=O)c4ccccc4C(=O)C3=[N+]=[N-])c2OS(=O)(=O)C2C(=O)c3ccccc3C(=O)C2=[N+]=[N-])cc1. The Morgan fingerprint density at radius 3 is 0.930 bits per heavy atom. The van der Waals surface area contributed by atoms with E-state index < -0.39 is 209 Å². The summed E-state index contributed by atoms with van der Waals surface area (Å²) < 4.78 is 137. The van der Waals surface area contributed by atoms with E-state index in [1.165, 1.54) is 42.5 Å². The number of carbonyl (C=O) groups excluding carboxylic acids is 9. The summed E-state index contributed by atoms with van der Waals surface area (Å²) in [4.78, 5) is 136. The van der Waals surface area contributed by atoms with Crippen LogP contribution in [0.4, 0.5) is 0 Å². The molecule has 0 heterocycles. The molecule has 4 aliphatic rings. The van der Waals surface area contributed by atoms with Gasteiger partial charge in [-0.15, -0.1) is 0 Å². The summed E-state index contributed by atoms with van der Waals surface area (Å²) in [5.41, 5.74) is 28.0. The molecule has 4 unspecified atom stereocenters. The number of benzene rings is 6. The van der Waals surface area contributed by atoms with Crippen molar-refractivity contribution in [2.45, 2.75) is 21.0 Å². The van der Waals surface area contributed by atoms with Gasteiger partial charge in [0, 0.05) is 50.1 Å². The second-order valence-corrected chi connectivity index (χ2v) is 24.8. The number of fused-ring (bicyclic) bond motifs is 4. The molecule has 428 valence electrons. The van der Waals surface area contributed by atoms with E-state index in [2.05, 4.69) is 19.2 Å². The van der Waals surface area contributed by atoms with Crippen LogP contribution in [0.15, 0.2) is 133 Å². The molecule has 6 aromatic rings. The van der Waals surface area contributed by atoms with E-state index in [1.54, 1.807) is 0 Å². The molecule has 6 aromatic carbocycles. The summed E-state index contributed by atoms with van der Waals surface area (Å²) >= 11 is 0. The van der Waals surface area contributed by atoms with Gasteiger partial charge in [0.2, 0.25) is 11.5 Å². The number of hydrogen-bond acceptors (Lipinski definition) is 21. The maximum Gasteiger partial charge on any atom is 0.368 e. The highest BCUT2D eigenvalue weighted by Gasteiger charge is 2.58. The molecule has 4 aliphatic carbocycles. The Labute approximate surface area is 480 Å². The molecular weight excluding hydrogens is 1210 g/mol. The lowest BCUT2D eigenvalue weighted by atomic mass is 9.88. The van der Waals surface area contributed by atoms with E-state index in [4.69, 9.17) is 16.7 Å². The van der Waals surface area contributed by atoms with Crippen molar-refractivity contribution in [2.75, 3.05) is 0 Å². The standard InChI is InChI=1S/C53H26N8O21S4/c54-58-35-40(63)25-9-1-5-13-29(25)44(67)50(35)83(71,72)79-24-19-17-23(18-20-24)39(62)33-21-22-34(80-84(73,74)51-36(59-55)41(64)26-10-2-6-14-30(26)45(51)68)49(82-86(77,78)53-38(61-57)43(66)28-12-4-8-16-32(28)47(53)70)48(33)81-85(75,76)52-37(60-56)42(65)27-11-3-7-15-31(27)46(52)69/h1-22,50-53H. The molecule has 86 heavy (non-hydrogen) atoms. The largest absolute Gasteiger partial charge is 0.381 e. The second kappa shape index (κ2) is 21.2. The lowest BCUT2D eigenvalue weighted by Crippen LogP contribution is -2.49. The molecule has 0 amide bonds. The zero-order chi connectivity index (χ0) is 62.1. The van der Waals surface area contributed by atoms with E-state index in [0.717, 1.165) is 54.6 Å². The van der Waals surface area contributed by atoms with E-state index in [-0.39, 0.29) is 5.56 Å². The molecule has 4 atom stereocenters. The van der Waals surface area contributed by atoms with Crippen LogP contribution in [-0.2, 0) is 40.5 Å². The van der Waals surface area contributed by atoms with E-state index >= 15 is 0 Å². The Hall–Kier alpha value is -11.1. The Morgan fingerprint density at radius 2 is 0.616 bits per heavy atom. The summed E-state index contributed by atoms with van der Waals surface area (Å²) in [6.45, 7) is 0. The minimum Gasteiger partial charge on any atom is -0.381 e.